The van der Waals surface area contributed by atoms with Crippen LogP contribution in [0.15, 0.2) is 90.0 Å². The molecule has 0 saturated carbocycles. The second kappa shape index (κ2) is 15.3. The van der Waals surface area contributed by atoms with Gasteiger partial charge in [0.2, 0.25) is 11.9 Å². The fraction of sp³-hybridized carbons (Fsp3) is 0.324. The molecular formula is C37H37F3N6O8. The third kappa shape index (κ3) is 7.37. The summed E-state index contributed by atoms with van der Waals surface area (Å²) in [5.41, 5.74) is -0.697. The normalized spacial score (nSPS) is 18.8. The van der Waals surface area contributed by atoms with E-state index in [0.29, 0.717) is 28.2 Å². The number of amides is 2. The lowest BCUT2D eigenvalue weighted by atomic mass is 9.80. The first-order valence-electron chi connectivity index (χ1n) is 16.7. The minimum atomic E-state index is -5.30. The van der Waals surface area contributed by atoms with Crippen molar-refractivity contribution in [2.24, 2.45) is 5.92 Å². The number of carbonyl (C=O) groups excluding carboxylic acids is 2. The summed E-state index contributed by atoms with van der Waals surface area (Å²) in [7, 11) is 3.04. The molecule has 3 aromatic carbocycles. The number of carbonyl (C=O) groups is 2. The Balaban J connectivity index is 1.44. The summed E-state index contributed by atoms with van der Waals surface area (Å²) >= 11 is 0. The molecule has 14 nitrogen and oxygen atoms in total. The van der Waals surface area contributed by atoms with Crippen LogP contribution in [0.1, 0.15) is 36.8 Å². The lowest BCUT2D eigenvalue weighted by Crippen LogP contribution is -2.53. The van der Waals surface area contributed by atoms with E-state index < -0.39 is 66.2 Å². The minimum Gasteiger partial charge on any atom is -0.497 e. The number of benzene rings is 3. The number of aliphatic hydroxyl groups excluding tert-OH is 1. The van der Waals surface area contributed by atoms with Gasteiger partial charge in [-0.1, -0.05) is 68.4 Å². The Labute approximate surface area is 306 Å². The lowest BCUT2D eigenvalue weighted by Gasteiger charge is -2.37. The highest BCUT2D eigenvalue weighted by molar-refractivity contribution is 5.91. The molecule has 1 aliphatic rings. The molecule has 1 saturated heterocycles. The molecule has 1 fully saturated rings. The second-order valence-corrected chi connectivity index (χ2v) is 12.8. The summed E-state index contributed by atoms with van der Waals surface area (Å²) in [6, 6.07) is 21.4. The molecule has 0 spiro atoms. The average Bonchev–Trinajstić information content (AvgIpc) is 3.72. The van der Waals surface area contributed by atoms with Crippen LogP contribution in [-0.4, -0.2) is 81.7 Å². The Morgan fingerprint density at radius 3 is 2.06 bits per heavy atom. The van der Waals surface area contributed by atoms with Crippen LogP contribution >= 0.6 is 0 Å². The number of rotatable bonds is 12. The summed E-state index contributed by atoms with van der Waals surface area (Å²) < 4.78 is 65.9. The van der Waals surface area contributed by atoms with Crippen molar-refractivity contribution in [3.05, 3.63) is 112 Å². The molecule has 3 heterocycles. The van der Waals surface area contributed by atoms with Crippen molar-refractivity contribution in [1.82, 2.24) is 24.8 Å². The number of ether oxygens (including phenoxy) is 4. The van der Waals surface area contributed by atoms with Gasteiger partial charge >= 0.3 is 12.1 Å². The van der Waals surface area contributed by atoms with E-state index in [2.05, 4.69) is 20.3 Å². The number of aromatic nitrogens is 4. The second-order valence-electron chi connectivity index (χ2n) is 12.8. The fourth-order valence-electron chi connectivity index (χ4n) is 6.24. The molecule has 4 atom stereocenters. The van der Waals surface area contributed by atoms with Gasteiger partial charge in [-0.15, -0.1) is 0 Å². The van der Waals surface area contributed by atoms with Crippen molar-refractivity contribution < 1.29 is 46.8 Å². The molecule has 0 bridgehead atoms. The van der Waals surface area contributed by atoms with Gasteiger partial charge in [-0.05, 0) is 41.0 Å². The zero-order chi connectivity index (χ0) is 38.8. The van der Waals surface area contributed by atoms with Crippen LogP contribution in [-0.2, 0) is 24.7 Å². The molecule has 4 N–H and O–H groups in total. The van der Waals surface area contributed by atoms with E-state index in [1.165, 1.54) is 14.2 Å². The number of nitrogens with zero attached hydrogens (tertiary/aromatic N) is 3. The predicted octanol–water partition coefficient (Wildman–Crippen LogP) is 4.05. The molecule has 0 aliphatic carbocycles. The van der Waals surface area contributed by atoms with Crippen molar-refractivity contribution in [3.8, 4) is 11.5 Å². The van der Waals surface area contributed by atoms with Gasteiger partial charge < -0.3 is 29.4 Å². The van der Waals surface area contributed by atoms with E-state index in [9.17, 15) is 32.7 Å². The third-order valence-electron chi connectivity index (χ3n) is 9.04. The number of hydrogen-bond acceptors (Lipinski definition) is 10. The molecule has 0 unspecified atom stereocenters. The lowest BCUT2D eigenvalue weighted by molar-refractivity contribution is -0.175. The van der Waals surface area contributed by atoms with Gasteiger partial charge in [0.25, 0.3) is 5.56 Å². The number of aliphatic hydroxyl groups is 1. The van der Waals surface area contributed by atoms with Crippen LogP contribution < -0.4 is 25.7 Å². The van der Waals surface area contributed by atoms with Gasteiger partial charge in [0.1, 0.15) is 29.3 Å². The molecule has 284 valence electrons. The largest absolute Gasteiger partial charge is 0.497 e. The number of hydrogen-bond donors (Lipinski definition) is 4. The minimum absolute atomic E-state index is 0.153. The first-order valence-corrected chi connectivity index (χ1v) is 16.7. The smallest absolute Gasteiger partial charge is 0.471 e. The maximum Gasteiger partial charge on any atom is 0.471 e. The molecule has 6 rings (SSSR count). The van der Waals surface area contributed by atoms with E-state index in [4.69, 9.17) is 18.9 Å². The number of nitrogens with one attached hydrogen (secondary N) is 3. The van der Waals surface area contributed by atoms with Crippen LogP contribution in [0, 0.1) is 5.92 Å². The number of fused-ring (bicyclic) bond motifs is 1. The Morgan fingerprint density at radius 2 is 1.52 bits per heavy atom. The summed E-state index contributed by atoms with van der Waals surface area (Å²) in [5, 5.41) is 16.0. The third-order valence-corrected chi connectivity index (χ3v) is 9.04. The number of imidazole rings is 1. The number of methoxy groups -OCH3 is 2. The summed E-state index contributed by atoms with van der Waals surface area (Å²) in [4.78, 5) is 48.4. The zero-order valence-electron chi connectivity index (χ0n) is 29.5. The van der Waals surface area contributed by atoms with Crippen LogP contribution in [0.25, 0.3) is 11.2 Å². The molecule has 54 heavy (non-hydrogen) atoms. The maximum atomic E-state index is 13.7. The number of anilines is 1. The molecule has 2 amide bonds. The van der Waals surface area contributed by atoms with E-state index in [1.54, 1.807) is 74.5 Å². The van der Waals surface area contributed by atoms with E-state index >= 15 is 0 Å². The van der Waals surface area contributed by atoms with Gasteiger partial charge in [0.05, 0.1) is 33.2 Å². The van der Waals surface area contributed by atoms with Crippen molar-refractivity contribution in [3.63, 3.8) is 0 Å². The summed E-state index contributed by atoms with van der Waals surface area (Å²) in [6.45, 7) is 2.78. The van der Waals surface area contributed by atoms with Crippen LogP contribution in [0.5, 0.6) is 11.5 Å². The van der Waals surface area contributed by atoms with Crippen LogP contribution in [0.4, 0.5) is 19.1 Å². The Kier molecular flexibility index (Phi) is 10.7. The van der Waals surface area contributed by atoms with Gasteiger partial charge in [-0.3, -0.25) is 29.3 Å². The van der Waals surface area contributed by atoms with Gasteiger partial charge in [0, 0.05) is 5.92 Å². The molecule has 2 aromatic heterocycles. The number of aromatic amines is 1. The maximum absolute atomic E-state index is 13.7. The van der Waals surface area contributed by atoms with Crippen molar-refractivity contribution in [1.29, 1.82) is 0 Å². The van der Waals surface area contributed by atoms with E-state index in [1.807, 2.05) is 23.5 Å². The predicted molar refractivity (Wildman–Crippen MR) is 188 cm³/mol. The first kappa shape index (κ1) is 38.0. The van der Waals surface area contributed by atoms with E-state index in [0.717, 1.165) is 10.9 Å². The quantitative estimate of drug-likeness (QED) is 0.136. The number of halogens is 3. The van der Waals surface area contributed by atoms with Crippen molar-refractivity contribution in [2.75, 3.05) is 26.1 Å². The summed E-state index contributed by atoms with van der Waals surface area (Å²) in [6.07, 6.45) is -8.98. The first-order chi connectivity index (χ1) is 25.8. The SMILES string of the molecule is COc1ccc(C(OC[C@H]2O[C@@H](n3cnc4c(=O)[nH]c(NC(=O)C(C)C)nc43)[C@@H](O)[C@@H]2NC(=O)C(F)(F)F)(c2ccccc2)c2ccc(OC)cc2)cc1. The number of alkyl halides is 3. The molecule has 5 aromatic rings. The van der Waals surface area contributed by atoms with Crippen molar-refractivity contribution in [2.45, 2.75) is 50.1 Å². The van der Waals surface area contributed by atoms with Crippen LogP contribution in [0.3, 0.4) is 0 Å². The topological polar surface area (TPSA) is 179 Å². The highest BCUT2D eigenvalue weighted by Gasteiger charge is 2.51. The zero-order valence-corrected chi connectivity index (χ0v) is 29.5. The Bertz CT molecular complexity index is 2110. The van der Waals surface area contributed by atoms with E-state index in [-0.39, 0.29) is 17.1 Å². The fourth-order valence-corrected chi connectivity index (χ4v) is 6.24. The summed E-state index contributed by atoms with van der Waals surface area (Å²) in [5.74, 6) is -2.35. The van der Waals surface area contributed by atoms with Crippen molar-refractivity contribution >= 4 is 28.9 Å². The molecule has 17 heteroatoms. The van der Waals surface area contributed by atoms with Gasteiger partial charge in [0.15, 0.2) is 17.4 Å². The van der Waals surface area contributed by atoms with Crippen LogP contribution in [0.2, 0.25) is 0 Å². The standard InChI is InChI=1S/C37H37F3N6O8/c1-20(2)31(48)44-35-43-30-28(32(49)45-35)41-19-46(30)33-29(47)27(42-34(50)37(38,39)40)26(54-33)18-53-36(21-8-6-5-7-9-21,22-10-14-24(51-3)15-11-22)23-12-16-25(52-4)17-13-23/h5-17,19-20,26-27,29,33,47H,18H2,1-4H3,(H,42,50)(H2,43,44,45,48,49)/t26-,27-,29+,33-/m1/s1. The highest BCUT2D eigenvalue weighted by Crippen LogP contribution is 2.43. The molecular weight excluding hydrogens is 713 g/mol. The molecule has 0 radical (unpaired) electrons. The number of H-pyrrole nitrogens is 1. The monoisotopic (exact) mass is 750 g/mol. The Morgan fingerprint density at radius 1 is 0.944 bits per heavy atom. The highest BCUT2D eigenvalue weighted by atomic mass is 19.4. The Hall–Kier alpha value is -5.78. The van der Waals surface area contributed by atoms with Gasteiger partial charge in [-0.25, -0.2) is 4.98 Å². The molecule has 1 aliphatic heterocycles. The van der Waals surface area contributed by atoms with Gasteiger partial charge in [-0.2, -0.15) is 18.2 Å². The average molecular weight is 751 g/mol.